The van der Waals surface area contributed by atoms with Gasteiger partial charge in [-0.3, -0.25) is 9.59 Å². The van der Waals surface area contributed by atoms with Crippen molar-refractivity contribution in [3.8, 4) is 0 Å². The van der Waals surface area contributed by atoms with Crippen LogP contribution in [-0.2, 0) is 42.9 Å². The number of aliphatic hydroxyl groups excluding tert-OH is 1. The third-order valence-electron chi connectivity index (χ3n) is 7.79. The molecule has 0 spiro atoms. The number of rotatable bonds is 34. The van der Waals surface area contributed by atoms with E-state index in [4.69, 9.17) is 24.1 Å². The highest BCUT2D eigenvalue weighted by molar-refractivity contribution is 5.73. The molecular weight excluding hydrogens is 592 g/mol. The highest BCUT2D eigenvalue weighted by Gasteiger charge is 2.20. The van der Waals surface area contributed by atoms with Gasteiger partial charge in [-0.05, 0) is 12.8 Å². The van der Waals surface area contributed by atoms with Gasteiger partial charge in [-0.1, -0.05) is 142 Å². The highest BCUT2D eigenvalue weighted by atomic mass is 16.6. The van der Waals surface area contributed by atoms with E-state index in [9.17, 15) is 19.2 Å². The number of unbranched alkanes of at least 4 members (excludes halogenated alkanes) is 20. The van der Waals surface area contributed by atoms with Crippen molar-refractivity contribution in [2.24, 2.45) is 0 Å². The van der Waals surface area contributed by atoms with Gasteiger partial charge in [-0.25, -0.2) is 9.59 Å². The van der Waals surface area contributed by atoms with E-state index in [0.29, 0.717) is 6.42 Å². The Hall–Kier alpha value is -2.20. The fourth-order valence-corrected chi connectivity index (χ4v) is 5.05. The standard InChI is InChI=1S/C36H66O10/c1-3-5-7-9-11-13-15-17-19-21-23-25-33(38)43-27-32(28-44-35(40)29-42-30-36(41)45-31-37)46-34(39)26-24-22-20-18-16-14-12-10-8-6-4-2/h32,37H,3-31H2,1-2H3. The number of carbonyl (C=O) groups is 4. The molecule has 0 aliphatic rings. The van der Waals surface area contributed by atoms with E-state index in [1.165, 1.54) is 96.3 Å². The molecule has 1 N–H and O–H groups in total. The monoisotopic (exact) mass is 658 g/mol. The van der Waals surface area contributed by atoms with Gasteiger partial charge in [0.25, 0.3) is 0 Å². The van der Waals surface area contributed by atoms with E-state index >= 15 is 0 Å². The van der Waals surface area contributed by atoms with E-state index in [-0.39, 0.29) is 32.0 Å². The molecule has 0 aromatic heterocycles. The van der Waals surface area contributed by atoms with E-state index < -0.39 is 44.0 Å². The molecule has 0 saturated heterocycles. The third-order valence-corrected chi connectivity index (χ3v) is 7.79. The number of ether oxygens (including phenoxy) is 5. The van der Waals surface area contributed by atoms with Crippen LogP contribution in [0.25, 0.3) is 0 Å². The molecular formula is C36H66O10. The van der Waals surface area contributed by atoms with Crippen molar-refractivity contribution in [1.82, 2.24) is 0 Å². The van der Waals surface area contributed by atoms with Gasteiger partial charge >= 0.3 is 23.9 Å². The van der Waals surface area contributed by atoms with Crippen LogP contribution in [-0.4, -0.2) is 68.3 Å². The summed E-state index contributed by atoms with van der Waals surface area (Å²) in [7, 11) is 0. The normalized spacial score (nSPS) is 11.6. The van der Waals surface area contributed by atoms with Crippen LogP contribution in [0.3, 0.4) is 0 Å². The van der Waals surface area contributed by atoms with E-state index in [1.54, 1.807) is 0 Å². The zero-order valence-electron chi connectivity index (χ0n) is 29.2. The number of hydrogen-bond acceptors (Lipinski definition) is 10. The van der Waals surface area contributed by atoms with E-state index in [2.05, 4.69) is 18.6 Å². The van der Waals surface area contributed by atoms with Gasteiger partial charge in [-0.15, -0.1) is 0 Å². The van der Waals surface area contributed by atoms with Crippen LogP contribution in [0.2, 0.25) is 0 Å². The van der Waals surface area contributed by atoms with Gasteiger partial charge in [0.05, 0.1) is 0 Å². The first-order chi connectivity index (χ1) is 22.4. The van der Waals surface area contributed by atoms with Gasteiger partial charge in [-0.2, -0.15) is 0 Å². The number of hydrogen-bond donors (Lipinski definition) is 1. The lowest BCUT2D eigenvalue weighted by Crippen LogP contribution is -2.31. The van der Waals surface area contributed by atoms with Gasteiger partial charge in [0.1, 0.15) is 26.4 Å². The molecule has 10 heteroatoms. The second-order valence-electron chi connectivity index (χ2n) is 12.2. The van der Waals surface area contributed by atoms with Crippen molar-refractivity contribution in [3.63, 3.8) is 0 Å². The van der Waals surface area contributed by atoms with E-state index in [0.717, 1.165) is 38.5 Å². The minimum Gasteiger partial charge on any atom is -0.462 e. The predicted molar refractivity (Wildman–Crippen MR) is 178 cm³/mol. The van der Waals surface area contributed by atoms with Crippen molar-refractivity contribution in [2.75, 3.05) is 33.2 Å². The molecule has 0 aliphatic carbocycles. The molecule has 0 rings (SSSR count). The average Bonchev–Trinajstić information content (AvgIpc) is 3.03. The summed E-state index contributed by atoms with van der Waals surface area (Å²) in [5.74, 6) is -2.41. The predicted octanol–water partition coefficient (Wildman–Crippen LogP) is 7.90. The van der Waals surface area contributed by atoms with E-state index in [1.807, 2.05) is 0 Å². The van der Waals surface area contributed by atoms with Crippen molar-refractivity contribution in [1.29, 1.82) is 0 Å². The molecule has 0 bridgehead atoms. The van der Waals surface area contributed by atoms with Crippen LogP contribution < -0.4 is 0 Å². The molecule has 0 radical (unpaired) electrons. The minimum atomic E-state index is -0.940. The maximum Gasteiger partial charge on any atom is 0.334 e. The summed E-state index contributed by atoms with van der Waals surface area (Å²) in [6.07, 6.45) is 25.5. The fourth-order valence-electron chi connectivity index (χ4n) is 5.05. The maximum atomic E-state index is 12.5. The molecule has 0 fully saturated rings. The molecule has 1 atom stereocenters. The molecule has 0 aromatic carbocycles. The first-order valence-electron chi connectivity index (χ1n) is 18.3. The summed E-state index contributed by atoms with van der Waals surface area (Å²) in [6, 6.07) is 0. The Labute approximate surface area is 279 Å². The van der Waals surface area contributed by atoms with Crippen LogP contribution in [0.1, 0.15) is 168 Å². The summed E-state index contributed by atoms with van der Waals surface area (Å²) in [4.78, 5) is 48.1. The van der Waals surface area contributed by atoms with Gasteiger partial charge < -0.3 is 28.8 Å². The van der Waals surface area contributed by atoms with Crippen LogP contribution in [0.4, 0.5) is 0 Å². The van der Waals surface area contributed by atoms with Gasteiger partial charge in [0.15, 0.2) is 12.9 Å². The Kier molecular flexibility index (Phi) is 32.5. The molecule has 46 heavy (non-hydrogen) atoms. The third kappa shape index (κ3) is 31.8. The van der Waals surface area contributed by atoms with Crippen LogP contribution in [0.5, 0.6) is 0 Å². The number of aliphatic hydroxyl groups is 1. The number of esters is 4. The zero-order chi connectivity index (χ0) is 33.9. The minimum absolute atomic E-state index is 0.210. The van der Waals surface area contributed by atoms with Crippen molar-refractivity contribution in [2.45, 2.75) is 174 Å². The van der Waals surface area contributed by atoms with Crippen molar-refractivity contribution < 1.29 is 48.0 Å². The summed E-state index contributed by atoms with van der Waals surface area (Å²) >= 11 is 0. The Bertz CT molecular complexity index is 742. The molecule has 1 unspecified atom stereocenters. The highest BCUT2D eigenvalue weighted by Crippen LogP contribution is 2.14. The summed E-state index contributed by atoms with van der Waals surface area (Å²) in [5, 5.41) is 8.55. The largest absolute Gasteiger partial charge is 0.462 e. The molecule has 270 valence electrons. The van der Waals surface area contributed by atoms with Crippen LogP contribution >= 0.6 is 0 Å². The first-order valence-corrected chi connectivity index (χ1v) is 18.3. The van der Waals surface area contributed by atoms with Gasteiger partial charge in [0, 0.05) is 12.8 Å². The zero-order valence-corrected chi connectivity index (χ0v) is 29.2. The molecule has 10 nitrogen and oxygen atoms in total. The Morgan fingerprint density at radius 1 is 0.457 bits per heavy atom. The summed E-state index contributed by atoms with van der Waals surface area (Å²) in [5.41, 5.74) is 0. The molecule has 0 aliphatic heterocycles. The average molecular weight is 659 g/mol. The van der Waals surface area contributed by atoms with Crippen molar-refractivity contribution >= 4 is 23.9 Å². The van der Waals surface area contributed by atoms with Crippen LogP contribution in [0, 0.1) is 0 Å². The Balaban J connectivity index is 4.34. The lowest BCUT2D eigenvalue weighted by Gasteiger charge is -2.18. The van der Waals surface area contributed by atoms with Crippen molar-refractivity contribution in [3.05, 3.63) is 0 Å². The van der Waals surface area contributed by atoms with Gasteiger partial charge in [0.2, 0.25) is 0 Å². The molecule has 0 aromatic rings. The summed E-state index contributed by atoms with van der Waals surface area (Å²) in [6.45, 7) is 2.10. The topological polar surface area (TPSA) is 135 Å². The maximum absolute atomic E-state index is 12.5. The first kappa shape index (κ1) is 43.8. The second-order valence-corrected chi connectivity index (χ2v) is 12.2. The molecule has 0 heterocycles. The smallest absolute Gasteiger partial charge is 0.334 e. The fraction of sp³-hybridized carbons (Fsp3) is 0.889. The lowest BCUT2D eigenvalue weighted by molar-refractivity contribution is -0.169. The Morgan fingerprint density at radius 3 is 1.22 bits per heavy atom. The number of carbonyl (C=O) groups excluding carboxylic acids is 4. The molecule has 0 saturated carbocycles. The quantitative estimate of drug-likeness (QED) is 0.0315. The van der Waals surface area contributed by atoms with Crippen LogP contribution in [0.15, 0.2) is 0 Å². The summed E-state index contributed by atoms with van der Waals surface area (Å²) < 4.78 is 25.2. The molecule has 0 amide bonds. The Morgan fingerprint density at radius 2 is 0.804 bits per heavy atom. The SMILES string of the molecule is CCCCCCCCCCCCCC(=O)OCC(COC(=O)COCC(=O)OCO)OC(=O)CCCCCCCCCCCCC. The lowest BCUT2D eigenvalue weighted by atomic mass is 10.1. The second kappa shape index (κ2) is 34.1.